The number of benzene rings is 3. The van der Waals surface area contributed by atoms with Crippen LogP contribution in [0.15, 0.2) is 72.8 Å². The number of ether oxygens (including phenoxy) is 3. The highest BCUT2D eigenvalue weighted by Gasteiger charge is 2.08. The number of aryl methyl sites for hydroxylation is 1. The first kappa shape index (κ1) is 32.1. The standard InChI is InChI=1S/C27H23FO4.C6H15NO/c1-3-4-20-5-7-21(8-6-20)25(22-9-11-23(28)12-10-22)15-16-31-24-13-14-26(19(2)17-24)32-18-27(29)30;1-4-8-6-5-7(2)3/h5-15,17H,16,18H2,1-2H3,(H,29,30);4-6H2,1-3H3/b25-15+;. The molecule has 0 spiro atoms. The van der Waals surface area contributed by atoms with Crippen molar-refractivity contribution in [2.24, 2.45) is 0 Å². The molecule has 0 fully saturated rings. The molecule has 3 aromatic carbocycles. The summed E-state index contributed by atoms with van der Waals surface area (Å²) in [5.41, 5.74) is 4.46. The van der Waals surface area contributed by atoms with E-state index in [0.29, 0.717) is 11.5 Å². The van der Waals surface area contributed by atoms with Crippen LogP contribution in [-0.4, -0.2) is 63.0 Å². The fraction of sp³-hybridized carbons (Fsp3) is 0.303. The normalized spacial score (nSPS) is 10.7. The zero-order valence-corrected chi connectivity index (χ0v) is 23.9. The molecule has 0 unspecified atom stereocenters. The highest BCUT2D eigenvalue weighted by Crippen LogP contribution is 2.26. The predicted octanol–water partition coefficient (Wildman–Crippen LogP) is 6.06. The third-order valence-electron chi connectivity index (χ3n) is 5.54. The lowest BCUT2D eigenvalue weighted by atomic mass is 9.97. The average molecular weight is 548 g/mol. The fourth-order valence-corrected chi connectivity index (χ4v) is 3.54. The summed E-state index contributed by atoms with van der Waals surface area (Å²) in [6.45, 7) is 8.22. The van der Waals surface area contributed by atoms with E-state index in [2.05, 4.69) is 16.7 Å². The first-order chi connectivity index (χ1) is 19.2. The van der Waals surface area contributed by atoms with Crippen LogP contribution >= 0.6 is 0 Å². The Morgan fingerprint density at radius 1 is 1.00 bits per heavy atom. The maximum atomic E-state index is 13.4. The van der Waals surface area contributed by atoms with E-state index < -0.39 is 12.6 Å². The van der Waals surface area contributed by atoms with Gasteiger partial charge in [0.25, 0.3) is 0 Å². The number of carboxylic acids is 1. The van der Waals surface area contributed by atoms with E-state index >= 15 is 0 Å². The SMILES string of the molecule is CC#Cc1ccc(/C(=C\COc2ccc(OCC(=O)O)c(C)c2)c2ccc(F)cc2)cc1.CCOCCN(C)C. The molecule has 0 aliphatic heterocycles. The van der Waals surface area contributed by atoms with E-state index in [1.54, 1.807) is 37.3 Å². The Kier molecular flexibility index (Phi) is 14.0. The molecule has 0 aliphatic rings. The van der Waals surface area contributed by atoms with Crippen LogP contribution in [-0.2, 0) is 9.53 Å². The van der Waals surface area contributed by atoms with E-state index in [-0.39, 0.29) is 12.4 Å². The van der Waals surface area contributed by atoms with Crippen LogP contribution in [0.4, 0.5) is 4.39 Å². The Labute approximate surface area is 237 Å². The van der Waals surface area contributed by atoms with E-state index in [1.165, 1.54) is 12.1 Å². The van der Waals surface area contributed by atoms with Gasteiger partial charge in [0.1, 0.15) is 23.9 Å². The maximum Gasteiger partial charge on any atom is 0.341 e. The minimum absolute atomic E-state index is 0.290. The van der Waals surface area contributed by atoms with Crippen LogP contribution in [0, 0.1) is 24.6 Å². The Hall–Kier alpha value is -4.12. The van der Waals surface area contributed by atoms with Crippen molar-refractivity contribution in [1.82, 2.24) is 4.90 Å². The number of carbonyl (C=O) groups is 1. The number of aliphatic carboxylic acids is 1. The molecule has 0 saturated heterocycles. The molecule has 7 heteroatoms. The third kappa shape index (κ3) is 11.7. The van der Waals surface area contributed by atoms with Gasteiger partial charge < -0.3 is 24.2 Å². The number of hydrogen-bond acceptors (Lipinski definition) is 5. The molecule has 0 aliphatic carbocycles. The van der Waals surface area contributed by atoms with Gasteiger partial charge in [-0.15, -0.1) is 5.92 Å². The van der Waals surface area contributed by atoms with Crippen molar-refractivity contribution in [1.29, 1.82) is 0 Å². The number of carboxylic acid groups (broad SMARTS) is 1. The predicted molar refractivity (Wildman–Crippen MR) is 157 cm³/mol. The zero-order valence-electron chi connectivity index (χ0n) is 23.9. The Morgan fingerprint density at radius 3 is 2.20 bits per heavy atom. The lowest BCUT2D eigenvalue weighted by Gasteiger charge is -2.12. The zero-order chi connectivity index (χ0) is 29.3. The van der Waals surface area contributed by atoms with E-state index in [4.69, 9.17) is 19.3 Å². The molecule has 3 aromatic rings. The van der Waals surface area contributed by atoms with Crippen molar-refractivity contribution < 1.29 is 28.5 Å². The summed E-state index contributed by atoms with van der Waals surface area (Å²) in [6.07, 6.45) is 1.94. The lowest BCUT2D eigenvalue weighted by Crippen LogP contribution is -2.17. The lowest BCUT2D eigenvalue weighted by molar-refractivity contribution is -0.139. The van der Waals surface area contributed by atoms with Gasteiger partial charge in [-0.3, -0.25) is 0 Å². The first-order valence-electron chi connectivity index (χ1n) is 13.0. The van der Waals surface area contributed by atoms with Crippen molar-refractivity contribution in [3.05, 3.63) is 101 Å². The Morgan fingerprint density at radius 2 is 1.65 bits per heavy atom. The maximum absolute atomic E-state index is 13.4. The van der Waals surface area contributed by atoms with Gasteiger partial charge in [-0.05, 0) is 106 Å². The molecule has 0 amide bonds. The third-order valence-corrected chi connectivity index (χ3v) is 5.54. The summed E-state index contributed by atoms with van der Waals surface area (Å²) in [7, 11) is 4.08. The van der Waals surface area contributed by atoms with Crippen LogP contribution in [0.1, 0.15) is 36.1 Å². The number of rotatable bonds is 12. The summed E-state index contributed by atoms with van der Waals surface area (Å²) >= 11 is 0. The van der Waals surface area contributed by atoms with Crippen molar-refractivity contribution in [2.45, 2.75) is 20.8 Å². The molecule has 0 aromatic heterocycles. The topological polar surface area (TPSA) is 68.2 Å². The molecule has 0 bridgehead atoms. The van der Waals surface area contributed by atoms with Gasteiger partial charge in [-0.2, -0.15) is 0 Å². The van der Waals surface area contributed by atoms with Crippen LogP contribution in [0.3, 0.4) is 0 Å². The van der Waals surface area contributed by atoms with Gasteiger partial charge in [0.2, 0.25) is 0 Å². The van der Waals surface area contributed by atoms with Gasteiger partial charge in [0, 0.05) is 18.7 Å². The summed E-state index contributed by atoms with van der Waals surface area (Å²) < 4.78 is 29.7. The van der Waals surface area contributed by atoms with E-state index in [0.717, 1.165) is 47.6 Å². The minimum atomic E-state index is -1.03. The van der Waals surface area contributed by atoms with Gasteiger partial charge in [0.05, 0.1) is 6.61 Å². The van der Waals surface area contributed by atoms with E-state index in [9.17, 15) is 9.18 Å². The molecule has 1 N–H and O–H groups in total. The van der Waals surface area contributed by atoms with Gasteiger partial charge >= 0.3 is 5.97 Å². The quantitative estimate of drug-likeness (QED) is 0.220. The summed E-state index contributed by atoms with van der Waals surface area (Å²) in [5.74, 6) is 5.71. The van der Waals surface area contributed by atoms with Crippen molar-refractivity contribution in [3.63, 3.8) is 0 Å². The van der Waals surface area contributed by atoms with E-state index in [1.807, 2.05) is 58.3 Å². The molecule has 3 rings (SSSR count). The van der Waals surface area contributed by atoms with Gasteiger partial charge in [-0.25, -0.2) is 9.18 Å². The van der Waals surface area contributed by atoms with Gasteiger partial charge in [-0.1, -0.05) is 30.2 Å². The Balaban J connectivity index is 0.000000611. The molecule has 40 heavy (non-hydrogen) atoms. The van der Waals surface area contributed by atoms with Crippen molar-refractivity contribution in [3.8, 4) is 23.3 Å². The summed E-state index contributed by atoms with van der Waals surface area (Å²) in [6, 6.07) is 19.4. The second-order valence-electron chi connectivity index (χ2n) is 9.00. The largest absolute Gasteiger partial charge is 0.489 e. The molecule has 0 atom stereocenters. The number of halogens is 1. The molecule has 0 heterocycles. The summed E-state index contributed by atoms with van der Waals surface area (Å²) in [5, 5.41) is 8.75. The number of likely N-dealkylation sites (N-methyl/N-ethyl adjacent to an activating group) is 1. The molecule has 6 nitrogen and oxygen atoms in total. The summed E-state index contributed by atoms with van der Waals surface area (Å²) in [4.78, 5) is 12.8. The first-order valence-corrected chi connectivity index (χ1v) is 13.0. The molecular formula is C33H38FNO5. The van der Waals surface area contributed by atoms with Crippen LogP contribution in [0.5, 0.6) is 11.5 Å². The number of nitrogens with zero attached hydrogens (tertiary/aromatic N) is 1. The minimum Gasteiger partial charge on any atom is -0.489 e. The molecular weight excluding hydrogens is 509 g/mol. The second-order valence-corrected chi connectivity index (χ2v) is 9.00. The molecule has 0 saturated carbocycles. The van der Waals surface area contributed by atoms with Gasteiger partial charge in [0.15, 0.2) is 6.61 Å². The van der Waals surface area contributed by atoms with Crippen LogP contribution < -0.4 is 9.47 Å². The smallest absolute Gasteiger partial charge is 0.341 e. The second kappa shape index (κ2) is 17.5. The molecule has 0 radical (unpaired) electrons. The highest BCUT2D eigenvalue weighted by molar-refractivity contribution is 5.80. The Bertz CT molecular complexity index is 1290. The van der Waals surface area contributed by atoms with Crippen LogP contribution in [0.2, 0.25) is 0 Å². The van der Waals surface area contributed by atoms with Crippen molar-refractivity contribution >= 4 is 11.5 Å². The number of hydrogen-bond donors (Lipinski definition) is 1. The monoisotopic (exact) mass is 547 g/mol. The van der Waals surface area contributed by atoms with Crippen LogP contribution in [0.25, 0.3) is 5.57 Å². The fourth-order valence-electron chi connectivity index (χ4n) is 3.54. The molecule has 212 valence electrons. The average Bonchev–Trinajstić information content (AvgIpc) is 2.92. The van der Waals surface area contributed by atoms with Crippen molar-refractivity contribution in [2.75, 3.05) is 47.1 Å². The highest BCUT2D eigenvalue weighted by atomic mass is 19.1.